The summed E-state index contributed by atoms with van der Waals surface area (Å²) in [5.74, 6) is 2.60. The molecule has 1 aromatic rings. The van der Waals surface area contributed by atoms with Gasteiger partial charge in [-0.3, -0.25) is 0 Å². The van der Waals surface area contributed by atoms with Crippen LogP contribution in [0.25, 0.3) is 0 Å². The van der Waals surface area contributed by atoms with Crippen molar-refractivity contribution in [1.29, 1.82) is 0 Å². The van der Waals surface area contributed by atoms with Crippen molar-refractivity contribution in [3.8, 4) is 0 Å². The fourth-order valence-electron chi connectivity index (χ4n) is 4.76. The van der Waals surface area contributed by atoms with Gasteiger partial charge in [-0.15, -0.1) is 0 Å². The molecule has 20 heavy (non-hydrogen) atoms. The molecule has 1 N–H and O–H groups in total. The molecule has 4 atom stereocenters. The molecule has 0 saturated heterocycles. The summed E-state index contributed by atoms with van der Waals surface area (Å²) >= 11 is 0. The molecule has 1 fully saturated rings. The number of likely N-dealkylation sites (N-methyl/N-ethyl adjacent to an activating group) is 1. The lowest BCUT2D eigenvalue weighted by Crippen LogP contribution is -2.40. The van der Waals surface area contributed by atoms with E-state index in [0.717, 1.165) is 17.8 Å². The van der Waals surface area contributed by atoms with Crippen LogP contribution in [0.2, 0.25) is 0 Å². The minimum absolute atomic E-state index is 0.688. The highest BCUT2D eigenvalue weighted by Gasteiger charge is 2.35. The van der Waals surface area contributed by atoms with Crippen molar-refractivity contribution in [2.24, 2.45) is 11.8 Å². The Bertz CT molecular complexity index is 439. The van der Waals surface area contributed by atoms with Crippen LogP contribution in [0.1, 0.15) is 62.5 Å². The van der Waals surface area contributed by atoms with Crippen LogP contribution in [0.3, 0.4) is 0 Å². The van der Waals surface area contributed by atoms with Gasteiger partial charge in [0.1, 0.15) is 0 Å². The first-order chi connectivity index (χ1) is 9.83. The van der Waals surface area contributed by atoms with Gasteiger partial charge >= 0.3 is 0 Å². The van der Waals surface area contributed by atoms with E-state index in [1.807, 2.05) is 0 Å². The number of fused-ring (bicyclic) bond motifs is 1. The molecule has 0 aliphatic heterocycles. The predicted octanol–water partition coefficient (Wildman–Crippen LogP) is 4.52. The van der Waals surface area contributed by atoms with Gasteiger partial charge in [0.05, 0.1) is 0 Å². The molecule has 1 aromatic carbocycles. The molecular formula is C19H29N. The number of hydrogen-bond donors (Lipinski definition) is 1. The van der Waals surface area contributed by atoms with Gasteiger partial charge in [-0.1, -0.05) is 50.5 Å². The monoisotopic (exact) mass is 271 g/mol. The summed E-state index contributed by atoms with van der Waals surface area (Å²) in [5.41, 5.74) is 3.23. The maximum Gasteiger partial charge on any atom is 0.0161 e. The second-order valence-corrected chi connectivity index (χ2v) is 6.86. The van der Waals surface area contributed by atoms with Crippen molar-refractivity contribution >= 4 is 0 Å². The van der Waals surface area contributed by atoms with Crippen molar-refractivity contribution < 1.29 is 0 Å². The van der Waals surface area contributed by atoms with Crippen LogP contribution in [-0.4, -0.2) is 13.1 Å². The fourth-order valence-corrected chi connectivity index (χ4v) is 4.76. The Morgan fingerprint density at radius 2 is 2.05 bits per heavy atom. The largest absolute Gasteiger partial charge is 0.316 e. The molecule has 1 nitrogen and oxygen atoms in total. The lowest BCUT2D eigenvalue weighted by atomic mass is 9.72. The van der Waals surface area contributed by atoms with Crippen molar-refractivity contribution in [1.82, 2.24) is 5.32 Å². The number of aryl methyl sites for hydroxylation is 1. The predicted molar refractivity (Wildman–Crippen MR) is 86.1 cm³/mol. The van der Waals surface area contributed by atoms with E-state index in [1.54, 1.807) is 11.1 Å². The molecule has 2 aliphatic carbocycles. The summed E-state index contributed by atoms with van der Waals surface area (Å²) in [6, 6.07) is 9.81. The van der Waals surface area contributed by atoms with Crippen molar-refractivity contribution in [3.05, 3.63) is 35.4 Å². The topological polar surface area (TPSA) is 12.0 Å². The summed E-state index contributed by atoms with van der Waals surface area (Å²) in [6.07, 6.45) is 9.77. The van der Waals surface area contributed by atoms with E-state index in [4.69, 9.17) is 0 Å². The van der Waals surface area contributed by atoms with Gasteiger partial charge in [0, 0.05) is 12.0 Å². The highest BCUT2D eigenvalue weighted by molar-refractivity contribution is 5.36. The summed E-state index contributed by atoms with van der Waals surface area (Å²) in [6.45, 7) is 2.37. The molecule has 0 radical (unpaired) electrons. The average Bonchev–Trinajstić information content (AvgIpc) is 2.93. The molecule has 110 valence electrons. The number of hydrogen-bond acceptors (Lipinski definition) is 1. The maximum atomic E-state index is 3.70. The highest BCUT2D eigenvalue weighted by atomic mass is 14.9. The number of nitrogens with one attached hydrogen (secondary N) is 1. The number of rotatable bonds is 4. The maximum absolute atomic E-state index is 3.70. The molecule has 2 aliphatic rings. The van der Waals surface area contributed by atoms with Gasteiger partial charge in [-0.25, -0.2) is 0 Å². The molecule has 0 aromatic heterocycles. The first kappa shape index (κ1) is 14.1. The van der Waals surface area contributed by atoms with Crippen LogP contribution in [0.4, 0.5) is 0 Å². The van der Waals surface area contributed by atoms with Gasteiger partial charge in [-0.2, -0.15) is 0 Å². The van der Waals surface area contributed by atoms with Crippen LogP contribution in [0, 0.1) is 11.8 Å². The minimum atomic E-state index is 0.688. The first-order valence-electron chi connectivity index (χ1n) is 8.58. The first-order valence-corrected chi connectivity index (χ1v) is 8.58. The molecule has 0 heterocycles. The lowest BCUT2D eigenvalue weighted by molar-refractivity contribution is 0.195. The normalized spacial score (nSPS) is 31.0. The quantitative estimate of drug-likeness (QED) is 0.849. The van der Waals surface area contributed by atoms with E-state index in [0.29, 0.717) is 6.04 Å². The van der Waals surface area contributed by atoms with E-state index < -0.39 is 0 Å². The van der Waals surface area contributed by atoms with Crippen LogP contribution in [0.5, 0.6) is 0 Å². The Morgan fingerprint density at radius 1 is 1.20 bits per heavy atom. The molecule has 3 rings (SSSR count). The van der Waals surface area contributed by atoms with E-state index in [2.05, 4.69) is 43.6 Å². The summed E-state index contributed by atoms with van der Waals surface area (Å²) < 4.78 is 0. The Labute approximate surface area is 124 Å². The van der Waals surface area contributed by atoms with Gasteiger partial charge in [0.15, 0.2) is 0 Å². The molecule has 1 saturated carbocycles. The van der Waals surface area contributed by atoms with Gasteiger partial charge in [0.2, 0.25) is 0 Å². The molecular weight excluding hydrogens is 242 g/mol. The van der Waals surface area contributed by atoms with E-state index in [9.17, 15) is 0 Å². The van der Waals surface area contributed by atoms with Crippen molar-refractivity contribution in [2.45, 2.75) is 63.8 Å². The highest BCUT2D eigenvalue weighted by Crippen LogP contribution is 2.42. The molecule has 0 bridgehead atoms. The fraction of sp³-hybridized carbons (Fsp3) is 0.684. The van der Waals surface area contributed by atoms with Gasteiger partial charge < -0.3 is 5.32 Å². The zero-order valence-corrected chi connectivity index (χ0v) is 13.1. The summed E-state index contributed by atoms with van der Waals surface area (Å²) in [4.78, 5) is 0. The third-order valence-corrected chi connectivity index (χ3v) is 5.85. The smallest absolute Gasteiger partial charge is 0.0161 e. The second-order valence-electron chi connectivity index (χ2n) is 6.86. The van der Waals surface area contributed by atoms with Crippen molar-refractivity contribution in [2.75, 3.05) is 7.05 Å². The van der Waals surface area contributed by atoms with Crippen LogP contribution in [0.15, 0.2) is 24.3 Å². The standard InChI is InChI=1S/C19H29N/c1-3-14-7-6-9-16(13-14)19(20-2)18-12-11-15-8-4-5-10-17(15)18/h4-5,8,10,14,16,18-20H,3,6-7,9,11-13H2,1-2H3. The summed E-state index contributed by atoms with van der Waals surface area (Å²) in [7, 11) is 2.18. The zero-order valence-electron chi connectivity index (χ0n) is 13.1. The molecule has 0 amide bonds. The lowest BCUT2D eigenvalue weighted by Gasteiger charge is -2.37. The second kappa shape index (κ2) is 6.30. The zero-order chi connectivity index (χ0) is 13.9. The Balaban J connectivity index is 1.77. The Hall–Kier alpha value is -0.820. The Morgan fingerprint density at radius 3 is 2.85 bits per heavy atom. The third-order valence-electron chi connectivity index (χ3n) is 5.85. The molecule has 4 unspecified atom stereocenters. The number of benzene rings is 1. The van der Waals surface area contributed by atoms with Gasteiger partial charge in [0.25, 0.3) is 0 Å². The van der Waals surface area contributed by atoms with Crippen LogP contribution < -0.4 is 5.32 Å². The summed E-state index contributed by atoms with van der Waals surface area (Å²) in [5, 5.41) is 3.70. The van der Waals surface area contributed by atoms with Crippen LogP contribution >= 0.6 is 0 Å². The van der Waals surface area contributed by atoms with E-state index in [-0.39, 0.29) is 0 Å². The van der Waals surface area contributed by atoms with Crippen LogP contribution in [-0.2, 0) is 6.42 Å². The van der Waals surface area contributed by atoms with Gasteiger partial charge in [-0.05, 0) is 55.7 Å². The minimum Gasteiger partial charge on any atom is -0.316 e. The third kappa shape index (κ3) is 2.65. The van der Waals surface area contributed by atoms with E-state index in [1.165, 1.54) is 44.9 Å². The molecule has 0 spiro atoms. The Kier molecular flexibility index (Phi) is 4.45. The van der Waals surface area contributed by atoms with Crippen molar-refractivity contribution in [3.63, 3.8) is 0 Å². The SMILES string of the molecule is CCC1CCCC(C(NC)C2CCc3ccccc32)C1. The molecule has 1 heteroatoms. The average molecular weight is 271 g/mol. The van der Waals surface area contributed by atoms with E-state index >= 15 is 0 Å².